The second kappa shape index (κ2) is 7.27. The second-order valence-corrected chi connectivity index (χ2v) is 4.99. The predicted molar refractivity (Wildman–Crippen MR) is 80.1 cm³/mol. The Bertz CT molecular complexity index is 582. The van der Waals surface area contributed by atoms with Crippen molar-refractivity contribution in [2.24, 2.45) is 0 Å². The molecular weight excluding hydrogens is 270 g/mol. The molecule has 1 N–H and O–H groups in total. The van der Waals surface area contributed by atoms with Crippen molar-refractivity contribution in [3.63, 3.8) is 0 Å². The lowest BCUT2D eigenvalue weighted by atomic mass is 10.0. The van der Waals surface area contributed by atoms with Crippen molar-refractivity contribution in [2.45, 2.75) is 32.7 Å². The van der Waals surface area contributed by atoms with Gasteiger partial charge in [-0.3, -0.25) is 4.98 Å². The van der Waals surface area contributed by atoms with Gasteiger partial charge in [0.05, 0.1) is 0 Å². The monoisotopic (exact) mass is 290 g/mol. The van der Waals surface area contributed by atoms with E-state index in [-0.39, 0.29) is 6.04 Å². The van der Waals surface area contributed by atoms with Gasteiger partial charge >= 0.3 is 0 Å². The van der Waals surface area contributed by atoms with E-state index in [0.29, 0.717) is 18.5 Å². The van der Waals surface area contributed by atoms with Crippen LogP contribution in [0.4, 0.5) is 8.78 Å². The molecule has 21 heavy (non-hydrogen) atoms. The summed E-state index contributed by atoms with van der Waals surface area (Å²) < 4.78 is 27.3. The number of aryl methyl sites for hydroxylation is 1. The number of pyridine rings is 1. The third kappa shape index (κ3) is 4.08. The lowest BCUT2D eigenvalue weighted by Gasteiger charge is -2.19. The molecular formula is C17H20F2N2. The molecule has 1 aromatic heterocycles. The van der Waals surface area contributed by atoms with Crippen molar-refractivity contribution >= 4 is 0 Å². The third-order valence-electron chi connectivity index (χ3n) is 3.49. The fourth-order valence-electron chi connectivity index (χ4n) is 2.31. The first kappa shape index (κ1) is 15.6. The largest absolute Gasteiger partial charge is 0.310 e. The maximum atomic E-state index is 13.9. The van der Waals surface area contributed by atoms with Gasteiger partial charge < -0.3 is 5.32 Å². The first-order valence-corrected chi connectivity index (χ1v) is 7.26. The Morgan fingerprint density at radius 1 is 1.14 bits per heavy atom. The topological polar surface area (TPSA) is 24.9 Å². The molecule has 0 saturated heterocycles. The van der Waals surface area contributed by atoms with Gasteiger partial charge in [0.25, 0.3) is 0 Å². The summed E-state index contributed by atoms with van der Waals surface area (Å²) in [7, 11) is 0. The molecule has 1 atom stereocenters. The Balaban J connectivity index is 2.23. The van der Waals surface area contributed by atoms with Gasteiger partial charge in [-0.05, 0) is 42.8 Å². The highest BCUT2D eigenvalue weighted by atomic mass is 19.1. The van der Waals surface area contributed by atoms with E-state index in [2.05, 4.69) is 17.2 Å². The molecule has 0 bridgehead atoms. The zero-order valence-corrected chi connectivity index (χ0v) is 12.4. The van der Waals surface area contributed by atoms with E-state index in [4.69, 9.17) is 0 Å². The van der Waals surface area contributed by atoms with Crippen molar-refractivity contribution in [3.05, 3.63) is 65.0 Å². The number of rotatable bonds is 6. The van der Waals surface area contributed by atoms with E-state index < -0.39 is 11.6 Å². The highest BCUT2D eigenvalue weighted by Crippen LogP contribution is 2.22. The Morgan fingerprint density at radius 2 is 1.95 bits per heavy atom. The molecule has 1 unspecified atom stereocenters. The molecule has 1 heterocycles. The van der Waals surface area contributed by atoms with Crippen LogP contribution in [0, 0.1) is 11.6 Å². The molecule has 112 valence electrons. The minimum atomic E-state index is -0.427. The van der Waals surface area contributed by atoms with E-state index in [1.165, 1.54) is 12.1 Å². The molecule has 0 radical (unpaired) electrons. The Hall–Kier alpha value is -1.81. The zero-order chi connectivity index (χ0) is 15.2. The Kier molecular flexibility index (Phi) is 5.39. The summed E-state index contributed by atoms with van der Waals surface area (Å²) in [5, 5.41) is 3.20. The lowest BCUT2D eigenvalue weighted by Crippen LogP contribution is -2.24. The quantitative estimate of drug-likeness (QED) is 0.875. The van der Waals surface area contributed by atoms with Gasteiger partial charge in [-0.15, -0.1) is 0 Å². The third-order valence-corrected chi connectivity index (χ3v) is 3.49. The molecule has 0 fully saturated rings. The zero-order valence-electron chi connectivity index (χ0n) is 12.4. The van der Waals surface area contributed by atoms with Crippen LogP contribution in [0.5, 0.6) is 0 Å². The summed E-state index contributed by atoms with van der Waals surface area (Å²) in [6.07, 6.45) is 3.29. The Labute approximate surface area is 124 Å². The lowest BCUT2D eigenvalue weighted by molar-refractivity contribution is 0.498. The molecule has 0 amide bonds. The SMILES string of the molecule is CCNC(Cc1ccc(CC)cn1)c1cc(F)ccc1F. The highest BCUT2D eigenvalue weighted by Gasteiger charge is 2.17. The van der Waals surface area contributed by atoms with Crippen LogP contribution in [0.1, 0.15) is 36.7 Å². The van der Waals surface area contributed by atoms with E-state index in [0.717, 1.165) is 23.7 Å². The standard InChI is InChI=1S/C17H20F2N2/c1-3-12-5-7-14(21-11-12)10-17(20-4-2)15-9-13(18)6-8-16(15)19/h5-9,11,17,20H,3-4,10H2,1-2H3. The van der Waals surface area contributed by atoms with Gasteiger partial charge in [0.2, 0.25) is 0 Å². The van der Waals surface area contributed by atoms with Crippen molar-refractivity contribution in [2.75, 3.05) is 6.54 Å². The van der Waals surface area contributed by atoms with Crippen LogP contribution in [0.25, 0.3) is 0 Å². The van der Waals surface area contributed by atoms with Crippen LogP contribution in [0.15, 0.2) is 36.5 Å². The van der Waals surface area contributed by atoms with Gasteiger partial charge in [0, 0.05) is 29.9 Å². The van der Waals surface area contributed by atoms with Crippen molar-refractivity contribution in [1.29, 1.82) is 0 Å². The highest BCUT2D eigenvalue weighted by molar-refractivity contribution is 5.24. The average Bonchev–Trinajstić information content (AvgIpc) is 2.50. The summed E-state index contributed by atoms with van der Waals surface area (Å²) in [5.41, 5.74) is 2.37. The van der Waals surface area contributed by atoms with Crippen molar-refractivity contribution < 1.29 is 8.78 Å². The number of likely N-dealkylation sites (N-methyl/N-ethyl adjacent to an activating group) is 1. The summed E-state index contributed by atoms with van der Waals surface area (Å²) in [6.45, 7) is 4.69. The van der Waals surface area contributed by atoms with Crippen LogP contribution in [-0.4, -0.2) is 11.5 Å². The van der Waals surface area contributed by atoms with E-state index in [1.54, 1.807) is 0 Å². The summed E-state index contributed by atoms with van der Waals surface area (Å²) in [6, 6.07) is 7.24. The maximum Gasteiger partial charge on any atom is 0.128 e. The first-order valence-electron chi connectivity index (χ1n) is 7.26. The normalized spacial score (nSPS) is 12.4. The smallest absolute Gasteiger partial charge is 0.128 e. The van der Waals surface area contributed by atoms with Gasteiger partial charge in [-0.1, -0.05) is 19.9 Å². The maximum absolute atomic E-state index is 13.9. The average molecular weight is 290 g/mol. The predicted octanol–water partition coefficient (Wildman–Crippen LogP) is 3.82. The molecule has 2 nitrogen and oxygen atoms in total. The number of nitrogens with zero attached hydrogens (tertiary/aromatic N) is 1. The summed E-state index contributed by atoms with van der Waals surface area (Å²) >= 11 is 0. The van der Waals surface area contributed by atoms with Crippen molar-refractivity contribution in [1.82, 2.24) is 10.3 Å². The number of hydrogen-bond acceptors (Lipinski definition) is 2. The molecule has 4 heteroatoms. The number of aromatic nitrogens is 1. The van der Waals surface area contributed by atoms with Gasteiger partial charge in [0.1, 0.15) is 11.6 Å². The number of halogens is 2. The fraction of sp³-hybridized carbons (Fsp3) is 0.353. The van der Waals surface area contributed by atoms with Gasteiger partial charge in [0.15, 0.2) is 0 Å². The molecule has 0 saturated carbocycles. The molecule has 2 rings (SSSR count). The minimum absolute atomic E-state index is 0.286. The fourth-order valence-corrected chi connectivity index (χ4v) is 2.31. The van der Waals surface area contributed by atoms with E-state index in [1.807, 2.05) is 25.3 Å². The summed E-state index contributed by atoms with van der Waals surface area (Å²) in [4.78, 5) is 4.39. The number of benzene rings is 1. The number of hydrogen-bond donors (Lipinski definition) is 1. The van der Waals surface area contributed by atoms with Crippen LogP contribution < -0.4 is 5.32 Å². The van der Waals surface area contributed by atoms with Crippen LogP contribution in [0.3, 0.4) is 0 Å². The van der Waals surface area contributed by atoms with Gasteiger partial charge in [-0.2, -0.15) is 0 Å². The molecule has 0 spiro atoms. The second-order valence-electron chi connectivity index (χ2n) is 4.99. The van der Waals surface area contributed by atoms with Crippen LogP contribution in [0.2, 0.25) is 0 Å². The molecule has 0 aliphatic rings. The van der Waals surface area contributed by atoms with Crippen LogP contribution in [-0.2, 0) is 12.8 Å². The molecule has 0 aliphatic carbocycles. The van der Waals surface area contributed by atoms with E-state index >= 15 is 0 Å². The Morgan fingerprint density at radius 3 is 2.57 bits per heavy atom. The van der Waals surface area contributed by atoms with Gasteiger partial charge in [-0.25, -0.2) is 8.78 Å². The first-order chi connectivity index (χ1) is 10.1. The minimum Gasteiger partial charge on any atom is -0.310 e. The summed E-state index contributed by atoms with van der Waals surface area (Å²) in [5.74, 6) is -0.823. The molecule has 0 aliphatic heterocycles. The number of nitrogens with one attached hydrogen (secondary N) is 1. The molecule has 2 aromatic rings. The van der Waals surface area contributed by atoms with E-state index in [9.17, 15) is 8.78 Å². The molecule has 1 aromatic carbocycles. The van der Waals surface area contributed by atoms with Crippen molar-refractivity contribution in [3.8, 4) is 0 Å². The van der Waals surface area contributed by atoms with Crippen LogP contribution >= 0.6 is 0 Å².